The van der Waals surface area contributed by atoms with E-state index < -0.39 is 6.00 Å². The van der Waals surface area contributed by atoms with Gasteiger partial charge in [0.2, 0.25) is 0 Å². The van der Waals surface area contributed by atoms with Crippen LogP contribution in [-0.2, 0) is 46.9 Å². The second-order valence-corrected chi connectivity index (χ2v) is 2.72. The summed E-state index contributed by atoms with van der Waals surface area (Å²) in [6.07, 6.45) is -0.961. The molecule has 1 aliphatic heterocycles. The minimum atomic E-state index is -0.517. The number of aliphatic hydroxyl groups excluding tert-OH is 1. The Labute approximate surface area is 105 Å². The monoisotopic (exact) mass is 261 g/mol. The summed E-state index contributed by atoms with van der Waals surface area (Å²) in [4.78, 5) is 0. The van der Waals surface area contributed by atoms with Crippen LogP contribution in [0.4, 0.5) is 0 Å². The van der Waals surface area contributed by atoms with E-state index in [1.807, 2.05) is 0 Å². The van der Waals surface area contributed by atoms with Crippen LogP contribution >= 0.6 is 0 Å². The first-order valence-electron chi connectivity index (χ1n) is 3.82. The van der Waals surface area contributed by atoms with Crippen molar-refractivity contribution in [2.75, 3.05) is 20.8 Å². The predicted octanol–water partition coefficient (Wildman–Crippen LogP) is -1.10. The Hall–Kier alpha value is 1.01. The van der Waals surface area contributed by atoms with Crippen molar-refractivity contribution in [2.45, 2.75) is 24.3 Å². The van der Waals surface area contributed by atoms with E-state index in [9.17, 15) is 0 Å². The summed E-state index contributed by atoms with van der Waals surface area (Å²) in [7, 11) is 8.67. The van der Waals surface area contributed by atoms with Crippen LogP contribution in [0.2, 0.25) is 0 Å². The zero-order valence-corrected chi connectivity index (χ0v) is 10.7. The van der Waals surface area contributed by atoms with E-state index in [2.05, 4.69) is 0 Å². The molecule has 1 unspecified atom stereocenters. The van der Waals surface area contributed by atoms with E-state index in [1.54, 1.807) is 14.2 Å². The summed E-state index contributed by atoms with van der Waals surface area (Å²) in [5, 5.41) is 8.88. The number of aliphatic hydroxyl groups is 1. The molecule has 1 N–H and O–H groups in total. The molecule has 1 rings (SSSR count). The number of hydrogen-bond acceptors (Lipinski definition) is 4. The van der Waals surface area contributed by atoms with E-state index in [1.165, 1.54) is 0 Å². The average Bonchev–Trinajstić information content (AvgIpc) is 2.40. The first-order valence-corrected chi connectivity index (χ1v) is 3.82. The Morgan fingerprint density at radius 3 is 2.23 bits per heavy atom. The fourth-order valence-electron chi connectivity index (χ4n) is 1.46. The van der Waals surface area contributed by atoms with Crippen LogP contribution in [0.15, 0.2) is 0 Å². The maximum atomic E-state index is 8.88. The van der Waals surface area contributed by atoms with Gasteiger partial charge >= 0.3 is 0 Å². The minimum Gasteiger partial charge on any atom is -0.394 e. The summed E-state index contributed by atoms with van der Waals surface area (Å²) in [6, 6.07) is -0.517. The Morgan fingerprint density at radius 1 is 1.31 bits per heavy atom. The molecule has 0 saturated carbocycles. The van der Waals surface area contributed by atoms with E-state index >= 15 is 0 Å². The van der Waals surface area contributed by atoms with Crippen LogP contribution in [0.1, 0.15) is 0 Å². The number of hydrogen-bond donors (Lipinski definition) is 1. The molecule has 3 radical (unpaired) electrons. The Morgan fingerprint density at radius 2 is 1.85 bits per heavy atom. The third kappa shape index (κ3) is 2.98. The van der Waals surface area contributed by atoms with Gasteiger partial charge in [-0.1, -0.05) is 0 Å². The molecule has 0 aromatic heterocycles. The van der Waals surface area contributed by atoms with Crippen LogP contribution in [0, 0.1) is 0 Å². The van der Waals surface area contributed by atoms with Crippen LogP contribution in [0.25, 0.3) is 0 Å². The zero-order valence-electron chi connectivity index (χ0n) is 7.84. The summed E-state index contributed by atoms with van der Waals surface area (Å²) in [5.74, 6) is 0. The van der Waals surface area contributed by atoms with Gasteiger partial charge in [-0.05, 0) is 0 Å². The first-order chi connectivity index (χ1) is 5.74. The predicted molar refractivity (Wildman–Crippen MR) is 43.1 cm³/mol. The second-order valence-electron chi connectivity index (χ2n) is 2.72. The number of methoxy groups -OCH3 is 2. The van der Waals surface area contributed by atoms with E-state index in [-0.39, 0.29) is 57.6 Å². The summed E-state index contributed by atoms with van der Waals surface area (Å²) in [6.45, 7) is -0.105. The molecular weight excluding hydrogens is 248 g/mol. The van der Waals surface area contributed by atoms with E-state index in [0.717, 1.165) is 0 Å². The van der Waals surface area contributed by atoms with Gasteiger partial charge in [0.1, 0.15) is 26.2 Å². The summed E-state index contributed by atoms with van der Waals surface area (Å²) in [5.41, 5.74) is 0. The SMILES string of the molecule is [B][C@@H]1O[C@H](CO)[C@H](OC)C1OC.[Y]. The van der Waals surface area contributed by atoms with Crippen LogP contribution in [-0.4, -0.2) is 58.1 Å². The van der Waals surface area contributed by atoms with Gasteiger partial charge in [0.15, 0.2) is 0 Å². The molecule has 0 aliphatic carbocycles. The van der Waals surface area contributed by atoms with Crippen LogP contribution in [0.3, 0.4) is 0 Å². The Kier molecular flexibility index (Phi) is 6.99. The van der Waals surface area contributed by atoms with Crippen molar-refractivity contribution in [3.63, 3.8) is 0 Å². The molecule has 0 bridgehead atoms. The third-order valence-corrected chi connectivity index (χ3v) is 2.07. The molecule has 1 heterocycles. The molecule has 0 aromatic rings. The number of rotatable bonds is 3. The standard InChI is InChI=1S/C7H13BO4.Y/c1-10-5-4(3-9)12-7(8)6(5)11-2;/h4-7,9H,3H2,1-2H3;/t4-,5+,6?,7-;/m1./s1. The van der Waals surface area contributed by atoms with Crippen LogP contribution < -0.4 is 0 Å². The third-order valence-electron chi connectivity index (χ3n) is 2.07. The Bertz CT molecular complexity index is 148. The topological polar surface area (TPSA) is 47.9 Å². The largest absolute Gasteiger partial charge is 0.394 e. The second kappa shape index (κ2) is 6.48. The fourth-order valence-corrected chi connectivity index (χ4v) is 1.46. The fraction of sp³-hybridized carbons (Fsp3) is 1.00. The maximum absolute atomic E-state index is 8.88. The molecule has 1 aliphatic rings. The van der Waals surface area contributed by atoms with Gasteiger partial charge in [0, 0.05) is 52.9 Å². The first kappa shape index (κ1) is 14.0. The van der Waals surface area contributed by atoms with Crippen LogP contribution in [0.5, 0.6) is 0 Å². The minimum absolute atomic E-state index is 0. The van der Waals surface area contributed by atoms with Gasteiger partial charge in [-0.3, -0.25) is 0 Å². The average molecular weight is 261 g/mol. The molecule has 71 valence electrons. The quantitative estimate of drug-likeness (QED) is 0.655. The Balaban J connectivity index is 0.00000144. The molecular formula is C7H13BO4Y. The normalized spacial score (nSPS) is 38.7. The van der Waals surface area contributed by atoms with Crippen molar-refractivity contribution >= 4 is 7.85 Å². The smallest absolute Gasteiger partial charge is 0.113 e. The van der Waals surface area contributed by atoms with Gasteiger partial charge in [-0.25, -0.2) is 0 Å². The van der Waals surface area contributed by atoms with Gasteiger partial charge in [0.25, 0.3) is 0 Å². The molecule has 1 fully saturated rings. The molecule has 4 atom stereocenters. The van der Waals surface area contributed by atoms with Gasteiger partial charge < -0.3 is 19.3 Å². The molecule has 0 aromatic carbocycles. The van der Waals surface area contributed by atoms with Crippen molar-refractivity contribution in [2.24, 2.45) is 0 Å². The summed E-state index contributed by atoms with van der Waals surface area (Å²) >= 11 is 0. The maximum Gasteiger partial charge on any atom is 0.113 e. The van der Waals surface area contributed by atoms with E-state index in [4.69, 9.17) is 27.2 Å². The van der Waals surface area contributed by atoms with Crippen molar-refractivity contribution < 1.29 is 52.0 Å². The molecule has 6 heteroatoms. The van der Waals surface area contributed by atoms with Crippen molar-refractivity contribution in [3.05, 3.63) is 0 Å². The molecule has 0 amide bonds. The molecule has 13 heavy (non-hydrogen) atoms. The molecule has 0 spiro atoms. The van der Waals surface area contributed by atoms with Gasteiger partial charge in [0.05, 0.1) is 6.61 Å². The van der Waals surface area contributed by atoms with E-state index in [0.29, 0.717) is 0 Å². The van der Waals surface area contributed by atoms with Crippen molar-refractivity contribution in [1.29, 1.82) is 0 Å². The molecule has 1 saturated heterocycles. The zero-order chi connectivity index (χ0) is 9.14. The van der Waals surface area contributed by atoms with Gasteiger partial charge in [-0.2, -0.15) is 0 Å². The number of ether oxygens (including phenoxy) is 3. The van der Waals surface area contributed by atoms with Crippen molar-refractivity contribution in [1.82, 2.24) is 0 Å². The molecule has 4 nitrogen and oxygen atoms in total. The van der Waals surface area contributed by atoms with Gasteiger partial charge in [-0.15, -0.1) is 0 Å². The summed E-state index contributed by atoms with van der Waals surface area (Å²) < 4.78 is 15.4. The van der Waals surface area contributed by atoms with Crippen molar-refractivity contribution in [3.8, 4) is 0 Å².